The van der Waals surface area contributed by atoms with E-state index >= 15 is 0 Å². The fraction of sp³-hybridized carbons (Fsp3) is 0.133. The zero-order valence-corrected chi connectivity index (χ0v) is 12.4. The molecule has 1 nitrogen and oxygen atoms in total. The van der Waals surface area contributed by atoms with E-state index in [9.17, 15) is 4.79 Å². The first kappa shape index (κ1) is 14.4. The molecule has 0 aliphatic rings. The lowest BCUT2D eigenvalue weighted by Gasteiger charge is -2.03. The summed E-state index contributed by atoms with van der Waals surface area (Å²) in [6.07, 6.45) is 0.509. The zero-order valence-electron chi connectivity index (χ0n) is 10.1. The van der Waals surface area contributed by atoms with Gasteiger partial charge in [-0.25, -0.2) is 0 Å². The van der Waals surface area contributed by atoms with Gasteiger partial charge in [-0.1, -0.05) is 53.5 Å². The lowest BCUT2D eigenvalue weighted by molar-refractivity contribution is 0.0989. The molecule has 0 aromatic heterocycles. The molecule has 0 fully saturated rings. The van der Waals surface area contributed by atoms with Gasteiger partial charge in [0.05, 0.1) is 10.0 Å². The van der Waals surface area contributed by atoms with Crippen LogP contribution in [0.4, 0.5) is 0 Å². The number of ketones is 1. The Morgan fingerprint density at radius 1 is 1.00 bits per heavy atom. The molecule has 19 heavy (non-hydrogen) atoms. The summed E-state index contributed by atoms with van der Waals surface area (Å²) in [5, 5.41) is 1.09. The molecular weight excluding hydrogens is 299 g/mol. The molecule has 0 spiro atoms. The first-order valence-corrected chi connectivity index (χ1v) is 7.57. The summed E-state index contributed by atoms with van der Waals surface area (Å²) >= 11 is 13.4. The summed E-state index contributed by atoms with van der Waals surface area (Å²) in [6, 6.07) is 14.8. The summed E-state index contributed by atoms with van der Waals surface area (Å²) in [5.41, 5.74) is 0.761. The Hall–Kier alpha value is -0.960. The van der Waals surface area contributed by atoms with Crippen LogP contribution in [0.1, 0.15) is 16.8 Å². The van der Waals surface area contributed by atoms with Crippen molar-refractivity contribution in [2.75, 3.05) is 5.75 Å². The van der Waals surface area contributed by atoms with E-state index in [2.05, 4.69) is 0 Å². The molecule has 0 atom stereocenters. The average Bonchev–Trinajstić information content (AvgIpc) is 2.43. The minimum atomic E-state index is 0.160. The Balaban J connectivity index is 1.87. The van der Waals surface area contributed by atoms with Gasteiger partial charge < -0.3 is 0 Å². The number of halogens is 2. The number of carbonyl (C=O) groups excluding carboxylic acids is 1. The predicted octanol–water partition coefficient (Wildman–Crippen LogP) is 5.36. The highest BCUT2D eigenvalue weighted by Crippen LogP contribution is 2.28. The highest BCUT2D eigenvalue weighted by molar-refractivity contribution is 7.99. The summed E-state index contributed by atoms with van der Waals surface area (Å²) in [6.45, 7) is 0. The van der Waals surface area contributed by atoms with Gasteiger partial charge in [-0.3, -0.25) is 4.79 Å². The quantitative estimate of drug-likeness (QED) is 0.546. The van der Waals surface area contributed by atoms with E-state index in [4.69, 9.17) is 23.2 Å². The Kier molecular flexibility index (Phi) is 5.32. The summed E-state index contributed by atoms with van der Waals surface area (Å²) in [5.74, 6) is 0.888. The van der Waals surface area contributed by atoms with Crippen molar-refractivity contribution in [3.8, 4) is 0 Å². The van der Waals surface area contributed by atoms with E-state index in [0.717, 1.165) is 16.2 Å². The number of rotatable bonds is 5. The third kappa shape index (κ3) is 4.27. The fourth-order valence-electron chi connectivity index (χ4n) is 1.60. The molecule has 0 heterocycles. The molecule has 2 aromatic carbocycles. The van der Waals surface area contributed by atoms with Crippen LogP contribution in [0.2, 0.25) is 10.0 Å². The maximum atomic E-state index is 11.9. The van der Waals surface area contributed by atoms with Crippen LogP contribution in [0.5, 0.6) is 0 Å². The Labute approximate surface area is 126 Å². The highest BCUT2D eigenvalue weighted by Gasteiger charge is 2.06. The first-order valence-electron chi connectivity index (χ1n) is 5.83. The molecule has 0 N–H and O–H groups in total. The Morgan fingerprint density at radius 2 is 1.74 bits per heavy atom. The van der Waals surface area contributed by atoms with Crippen LogP contribution in [0, 0.1) is 0 Å². The number of carbonyl (C=O) groups is 1. The highest BCUT2D eigenvalue weighted by atomic mass is 35.5. The second-order valence-electron chi connectivity index (χ2n) is 3.96. The first-order chi connectivity index (χ1) is 9.16. The molecule has 0 saturated heterocycles. The average molecular weight is 311 g/mol. The normalized spacial score (nSPS) is 10.4. The zero-order chi connectivity index (χ0) is 13.7. The summed E-state index contributed by atoms with van der Waals surface area (Å²) in [7, 11) is 0. The molecule has 2 aromatic rings. The number of hydrogen-bond acceptors (Lipinski definition) is 2. The monoisotopic (exact) mass is 310 g/mol. The van der Waals surface area contributed by atoms with Crippen molar-refractivity contribution in [2.45, 2.75) is 11.3 Å². The molecule has 0 aliphatic carbocycles. The fourth-order valence-corrected chi connectivity index (χ4v) is 2.85. The van der Waals surface area contributed by atoms with Gasteiger partial charge in [0.15, 0.2) is 5.78 Å². The molecule has 2 rings (SSSR count). The van der Waals surface area contributed by atoms with Crippen LogP contribution in [0.15, 0.2) is 53.4 Å². The lowest BCUT2D eigenvalue weighted by atomic mass is 10.1. The number of Topliss-reactive ketones (excluding diaryl/α,β-unsaturated/α-hetero) is 1. The lowest BCUT2D eigenvalue weighted by Crippen LogP contribution is -1.99. The van der Waals surface area contributed by atoms with E-state index in [1.54, 1.807) is 17.8 Å². The standard InChI is InChI=1S/C15H12Cl2OS/c16-13-7-6-12(10-14(13)17)19-9-8-15(18)11-4-2-1-3-5-11/h1-7,10H,8-9H2. The van der Waals surface area contributed by atoms with Crippen molar-refractivity contribution in [1.29, 1.82) is 0 Å². The molecule has 98 valence electrons. The van der Waals surface area contributed by atoms with Crippen molar-refractivity contribution in [3.05, 3.63) is 64.1 Å². The van der Waals surface area contributed by atoms with Crippen LogP contribution in [0.25, 0.3) is 0 Å². The van der Waals surface area contributed by atoms with Crippen LogP contribution in [-0.2, 0) is 0 Å². The number of benzene rings is 2. The second-order valence-corrected chi connectivity index (χ2v) is 5.95. The Morgan fingerprint density at radius 3 is 2.42 bits per heavy atom. The molecule has 0 radical (unpaired) electrons. The van der Waals surface area contributed by atoms with Gasteiger partial charge in [0.2, 0.25) is 0 Å². The molecule has 0 saturated carbocycles. The van der Waals surface area contributed by atoms with E-state index < -0.39 is 0 Å². The van der Waals surface area contributed by atoms with Crippen molar-refractivity contribution in [2.24, 2.45) is 0 Å². The third-order valence-electron chi connectivity index (χ3n) is 2.58. The maximum Gasteiger partial charge on any atom is 0.163 e. The minimum absolute atomic E-state index is 0.160. The largest absolute Gasteiger partial charge is 0.294 e. The Bertz CT molecular complexity index is 570. The van der Waals surface area contributed by atoms with Gasteiger partial charge in [-0.05, 0) is 18.2 Å². The van der Waals surface area contributed by atoms with Gasteiger partial charge in [-0.2, -0.15) is 0 Å². The van der Waals surface area contributed by atoms with E-state index in [0.29, 0.717) is 16.5 Å². The van der Waals surface area contributed by atoms with E-state index in [1.165, 1.54) is 0 Å². The molecule has 0 amide bonds. The SMILES string of the molecule is O=C(CCSc1ccc(Cl)c(Cl)c1)c1ccccc1. The second kappa shape index (κ2) is 6.99. The molecule has 4 heteroatoms. The van der Waals surface area contributed by atoms with E-state index in [1.807, 2.05) is 42.5 Å². The number of thioether (sulfide) groups is 1. The van der Waals surface area contributed by atoms with Gasteiger partial charge in [-0.15, -0.1) is 11.8 Å². The van der Waals surface area contributed by atoms with Gasteiger partial charge >= 0.3 is 0 Å². The molecule has 0 unspecified atom stereocenters. The molecule has 0 aliphatic heterocycles. The molecular formula is C15H12Cl2OS. The summed E-state index contributed by atoms with van der Waals surface area (Å²) in [4.78, 5) is 12.9. The van der Waals surface area contributed by atoms with Crippen LogP contribution >= 0.6 is 35.0 Å². The third-order valence-corrected chi connectivity index (χ3v) is 4.32. The van der Waals surface area contributed by atoms with Crippen molar-refractivity contribution in [3.63, 3.8) is 0 Å². The van der Waals surface area contributed by atoms with Crippen LogP contribution < -0.4 is 0 Å². The van der Waals surface area contributed by atoms with Gasteiger partial charge in [0.25, 0.3) is 0 Å². The predicted molar refractivity (Wildman–Crippen MR) is 82.6 cm³/mol. The molecule has 0 bridgehead atoms. The van der Waals surface area contributed by atoms with Gasteiger partial charge in [0, 0.05) is 22.6 Å². The van der Waals surface area contributed by atoms with Gasteiger partial charge in [0.1, 0.15) is 0 Å². The number of hydrogen-bond donors (Lipinski definition) is 0. The van der Waals surface area contributed by atoms with Crippen molar-refractivity contribution >= 4 is 40.7 Å². The smallest absolute Gasteiger partial charge is 0.163 e. The van der Waals surface area contributed by atoms with Crippen LogP contribution in [0.3, 0.4) is 0 Å². The van der Waals surface area contributed by atoms with Crippen LogP contribution in [-0.4, -0.2) is 11.5 Å². The van der Waals surface area contributed by atoms with E-state index in [-0.39, 0.29) is 5.78 Å². The maximum absolute atomic E-state index is 11.9. The minimum Gasteiger partial charge on any atom is -0.294 e. The topological polar surface area (TPSA) is 17.1 Å². The summed E-state index contributed by atoms with van der Waals surface area (Å²) < 4.78 is 0. The van der Waals surface area contributed by atoms with Crippen molar-refractivity contribution in [1.82, 2.24) is 0 Å². The van der Waals surface area contributed by atoms with Crippen molar-refractivity contribution < 1.29 is 4.79 Å².